The van der Waals surface area contributed by atoms with Gasteiger partial charge in [0.1, 0.15) is 11.9 Å². The van der Waals surface area contributed by atoms with Crippen LogP contribution >= 0.6 is 0 Å². The minimum atomic E-state index is -0.202. The highest BCUT2D eigenvalue weighted by atomic mass is 16.5. The Balaban J connectivity index is 1.75. The van der Waals surface area contributed by atoms with Crippen molar-refractivity contribution in [1.29, 1.82) is 0 Å². The maximum absolute atomic E-state index is 9.60. The van der Waals surface area contributed by atoms with Crippen LogP contribution in [0.4, 0.5) is 0 Å². The summed E-state index contributed by atoms with van der Waals surface area (Å²) in [6.45, 7) is 0. The minimum absolute atomic E-state index is 0.142. The maximum atomic E-state index is 9.60. The Labute approximate surface area is 99.6 Å². The molecule has 1 heterocycles. The van der Waals surface area contributed by atoms with Gasteiger partial charge in [-0.05, 0) is 37.5 Å². The van der Waals surface area contributed by atoms with E-state index in [-0.39, 0.29) is 12.2 Å². The van der Waals surface area contributed by atoms with Crippen molar-refractivity contribution in [3.05, 3.63) is 24.4 Å². The van der Waals surface area contributed by atoms with Crippen molar-refractivity contribution in [2.75, 3.05) is 0 Å². The van der Waals surface area contributed by atoms with Gasteiger partial charge in [0, 0.05) is 11.8 Å². The van der Waals surface area contributed by atoms with E-state index in [4.69, 9.17) is 4.74 Å². The Morgan fingerprint density at radius 1 is 1.35 bits per heavy atom. The molecular formula is C13H16N2O2. The van der Waals surface area contributed by atoms with Crippen LogP contribution in [0.1, 0.15) is 25.7 Å². The van der Waals surface area contributed by atoms with Gasteiger partial charge in [-0.3, -0.25) is 5.10 Å². The van der Waals surface area contributed by atoms with Gasteiger partial charge in [-0.15, -0.1) is 0 Å². The number of hydrogen-bond acceptors (Lipinski definition) is 3. The van der Waals surface area contributed by atoms with E-state index in [1.807, 2.05) is 18.2 Å². The highest BCUT2D eigenvalue weighted by molar-refractivity contribution is 5.79. The number of nitrogens with zero attached hydrogens (tertiary/aromatic N) is 1. The lowest BCUT2D eigenvalue weighted by Crippen LogP contribution is -2.28. The molecule has 0 aliphatic heterocycles. The lowest BCUT2D eigenvalue weighted by Gasteiger charge is -2.26. The number of ether oxygens (including phenoxy) is 1. The molecule has 17 heavy (non-hydrogen) atoms. The highest BCUT2D eigenvalue weighted by Gasteiger charge is 2.21. The molecule has 2 N–H and O–H groups in total. The van der Waals surface area contributed by atoms with Crippen LogP contribution in [0, 0.1) is 0 Å². The average molecular weight is 232 g/mol. The SMILES string of the molecule is O[C@@H]1CCC[C@H](Oc2ccc3[nH]ncc3c2)C1. The number of aliphatic hydroxyl groups is 1. The molecule has 0 unspecified atom stereocenters. The molecule has 1 aromatic carbocycles. The number of nitrogens with one attached hydrogen (secondary N) is 1. The zero-order valence-electron chi connectivity index (χ0n) is 9.60. The summed E-state index contributed by atoms with van der Waals surface area (Å²) in [6.07, 6.45) is 5.44. The summed E-state index contributed by atoms with van der Waals surface area (Å²) >= 11 is 0. The first-order valence-electron chi connectivity index (χ1n) is 6.09. The Kier molecular flexibility index (Phi) is 2.73. The van der Waals surface area contributed by atoms with Crippen LogP contribution in [0.5, 0.6) is 5.75 Å². The van der Waals surface area contributed by atoms with Crippen LogP contribution in [0.2, 0.25) is 0 Å². The van der Waals surface area contributed by atoms with E-state index in [1.54, 1.807) is 6.20 Å². The molecule has 3 rings (SSSR count). The molecule has 0 saturated heterocycles. The number of aliphatic hydroxyl groups excluding tert-OH is 1. The van der Waals surface area contributed by atoms with Crippen LogP contribution in [0.15, 0.2) is 24.4 Å². The predicted octanol–water partition coefficient (Wildman–Crippen LogP) is 2.25. The summed E-state index contributed by atoms with van der Waals surface area (Å²) in [4.78, 5) is 0. The molecule has 0 spiro atoms. The second kappa shape index (κ2) is 4.37. The lowest BCUT2D eigenvalue weighted by molar-refractivity contribution is 0.0537. The van der Waals surface area contributed by atoms with Crippen LogP contribution in [0.3, 0.4) is 0 Å². The van der Waals surface area contributed by atoms with Gasteiger partial charge in [0.25, 0.3) is 0 Å². The molecule has 2 atom stereocenters. The molecule has 4 nitrogen and oxygen atoms in total. The van der Waals surface area contributed by atoms with Gasteiger partial charge >= 0.3 is 0 Å². The standard InChI is InChI=1S/C13H16N2O2/c16-10-2-1-3-11(7-10)17-12-4-5-13-9(6-12)8-14-15-13/h4-6,8,10-11,16H,1-3,7H2,(H,14,15)/t10-,11+/m1/s1. The molecule has 1 aliphatic carbocycles. The number of fused-ring (bicyclic) bond motifs is 1. The third kappa shape index (κ3) is 2.26. The fraction of sp³-hybridized carbons (Fsp3) is 0.462. The monoisotopic (exact) mass is 232 g/mol. The summed E-state index contributed by atoms with van der Waals surface area (Å²) in [6, 6.07) is 5.90. The predicted molar refractivity (Wildman–Crippen MR) is 65.0 cm³/mol. The molecule has 0 amide bonds. The Morgan fingerprint density at radius 3 is 3.18 bits per heavy atom. The molecule has 1 saturated carbocycles. The van der Waals surface area contributed by atoms with Crippen molar-refractivity contribution in [2.24, 2.45) is 0 Å². The van der Waals surface area contributed by atoms with Crippen molar-refractivity contribution in [3.63, 3.8) is 0 Å². The summed E-state index contributed by atoms with van der Waals surface area (Å²) in [7, 11) is 0. The van der Waals surface area contributed by atoms with Crippen LogP contribution in [-0.4, -0.2) is 27.5 Å². The number of hydrogen-bond donors (Lipinski definition) is 2. The summed E-state index contributed by atoms with van der Waals surface area (Å²) in [5, 5.41) is 17.5. The van der Waals surface area contributed by atoms with Crippen molar-refractivity contribution < 1.29 is 9.84 Å². The van der Waals surface area contributed by atoms with E-state index < -0.39 is 0 Å². The largest absolute Gasteiger partial charge is 0.490 e. The van der Waals surface area contributed by atoms with Crippen molar-refractivity contribution in [2.45, 2.75) is 37.9 Å². The van der Waals surface area contributed by atoms with E-state index in [0.717, 1.165) is 42.3 Å². The first-order chi connectivity index (χ1) is 8.31. The molecule has 1 aliphatic rings. The van der Waals surface area contributed by atoms with Crippen molar-refractivity contribution in [3.8, 4) is 5.75 Å². The minimum Gasteiger partial charge on any atom is -0.490 e. The first kappa shape index (κ1) is 10.6. The normalized spacial score (nSPS) is 25.0. The van der Waals surface area contributed by atoms with Gasteiger partial charge in [-0.1, -0.05) is 0 Å². The van der Waals surface area contributed by atoms with E-state index in [9.17, 15) is 5.11 Å². The Morgan fingerprint density at radius 2 is 2.29 bits per heavy atom. The molecule has 4 heteroatoms. The zero-order valence-corrected chi connectivity index (χ0v) is 9.60. The molecule has 0 radical (unpaired) electrons. The zero-order chi connectivity index (χ0) is 11.7. The number of rotatable bonds is 2. The third-order valence-electron chi connectivity index (χ3n) is 3.31. The van der Waals surface area contributed by atoms with E-state index in [1.165, 1.54) is 0 Å². The number of aromatic amines is 1. The molecule has 90 valence electrons. The molecule has 1 aromatic heterocycles. The van der Waals surface area contributed by atoms with E-state index >= 15 is 0 Å². The van der Waals surface area contributed by atoms with Gasteiger partial charge in [0.2, 0.25) is 0 Å². The van der Waals surface area contributed by atoms with Gasteiger partial charge in [0.15, 0.2) is 0 Å². The van der Waals surface area contributed by atoms with Crippen molar-refractivity contribution >= 4 is 10.9 Å². The Hall–Kier alpha value is -1.55. The van der Waals surface area contributed by atoms with Crippen LogP contribution in [0.25, 0.3) is 10.9 Å². The highest BCUT2D eigenvalue weighted by Crippen LogP contribution is 2.25. The van der Waals surface area contributed by atoms with Gasteiger partial charge in [0.05, 0.1) is 17.8 Å². The Bertz CT molecular complexity index is 509. The average Bonchev–Trinajstić information content (AvgIpc) is 2.76. The van der Waals surface area contributed by atoms with Gasteiger partial charge in [-0.2, -0.15) is 5.10 Å². The first-order valence-corrected chi connectivity index (χ1v) is 6.09. The van der Waals surface area contributed by atoms with Crippen molar-refractivity contribution in [1.82, 2.24) is 10.2 Å². The summed E-state index contributed by atoms with van der Waals surface area (Å²) in [5.74, 6) is 0.859. The molecular weight excluding hydrogens is 216 g/mol. The fourth-order valence-electron chi connectivity index (χ4n) is 2.41. The number of H-pyrrole nitrogens is 1. The van der Waals surface area contributed by atoms with E-state index in [0.29, 0.717) is 0 Å². The molecule has 1 fully saturated rings. The van der Waals surface area contributed by atoms with Crippen LogP contribution in [-0.2, 0) is 0 Å². The smallest absolute Gasteiger partial charge is 0.120 e. The van der Waals surface area contributed by atoms with E-state index in [2.05, 4.69) is 10.2 Å². The molecule has 0 bridgehead atoms. The fourth-order valence-corrected chi connectivity index (χ4v) is 2.41. The maximum Gasteiger partial charge on any atom is 0.120 e. The number of aromatic nitrogens is 2. The summed E-state index contributed by atoms with van der Waals surface area (Å²) in [5.41, 5.74) is 1.01. The molecule has 2 aromatic rings. The topological polar surface area (TPSA) is 58.1 Å². The second-order valence-corrected chi connectivity index (χ2v) is 4.68. The number of benzene rings is 1. The van der Waals surface area contributed by atoms with Gasteiger partial charge < -0.3 is 9.84 Å². The van der Waals surface area contributed by atoms with Gasteiger partial charge in [-0.25, -0.2) is 0 Å². The van der Waals surface area contributed by atoms with Crippen LogP contribution < -0.4 is 4.74 Å². The second-order valence-electron chi connectivity index (χ2n) is 4.68. The lowest BCUT2D eigenvalue weighted by atomic mass is 9.95. The third-order valence-corrected chi connectivity index (χ3v) is 3.31. The quantitative estimate of drug-likeness (QED) is 0.834. The summed E-state index contributed by atoms with van der Waals surface area (Å²) < 4.78 is 5.90.